The minimum Gasteiger partial charge on any atom is -0.490 e. The maximum atomic E-state index is 12.8. The van der Waals surface area contributed by atoms with Crippen LogP contribution < -0.4 is 9.47 Å². The summed E-state index contributed by atoms with van der Waals surface area (Å²) in [5.74, 6) is -1.29. The van der Waals surface area contributed by atoms with Crippen molar-refractivity contribution in [3.63, 3.8) is 0 Å². The smallest absolute Gasteiger partial charge is 0.335 e. The average Bonchev–Trinajstić information content (AvgIpc) is 3.11. The monoisotopic (exact) mass is 525 g/mol. The molecule has 0 spiro atoms. The third-order valence-electron chi connectivity index (χ3n) is 5.17. The standard InChI is InChI=1S/C27H27NO8S/c1-4-7-20-12-18(14-22-25(30)28(27(33)37-22)15-23(29)35-6-3)13-21(34-5-2)24(20)36-16-17-8-10-19(11-9-17)26(31)32/h4,8-14H,1,5-7,15-16H2,2-3H3,(H,31,32)/b22-14+. The molecule has 194 valence electrons. The lowest BCUT2D eigenvalue weighted by Gasteiger charge is -2.17. The summed E-state index contributed by atoms with van der Waals surface area (Å²) in [4.78, 5) is 49.0. The first-order valence-corrected chi connectivity index (χ1v) is 12.4. The Kier molecular flexibility index (Phi) is 9.51. The van der Waals surface area contributed by atoms with Gasteiger partial charge in [-0.05, 0) is 73.5 Å². The third kappa shape index (κ3) is 7.01. The lowest BCUT2D eigenvalue weighted by Crippen LogP contribution is -2.34. The SMILES string of the molecule is C=CCc1cc(/C=C2/SC(=O)N(CC(=O)OCC)C2=O)cc(OCC)c1OCc1ccc(C(=O)O)cc1. The van der Waals surface area contributed by atoms with Gasteiger partial charge in [-0.1, -0.05) is 18.2 Å². The number of rotatable bonds is 12. The highest BCUT2D eigenvalue weighted by Gasteiger charge is 2.36. The number of carbonyl (C=O) groups is 4. The van der Waals surface area contributed by atoms with Crippen molar-refractivity contribution in [3.8, 4) is 11.5 Å². The number of ether oxygens (including phenoxy) is 3. The van der Waals surface area contributed by atoms with E-state index in [1.807, 2.05) is 13.0 Å². The number of thioether (sulfide) groups is 1. The molecule has 1 aliphatic heterocycles. The third-order valence-corrected chi connectivity index (χ3v) is 6.07. The summed E-state index contributed by atoms with van der Waals surface area (Å²) < 4.78 is 16.7. The molecule has 37 heavy (non-hydrogen) atoms. The lowest BCUT2D eigenvalue weighted by molar-refractivity contribution is -0.145. The van der Waals surface area contributed by atoms with Crippen molar-refractivity contribution in [2.75, 3.05) is 19.8 Å². The second kappa shape index (κ2) is 12.8. The van der Waals surface area contributed by atoms with E-state index < -0.39 is 29.6 Å². The summed E-state index contributed by atoms with van der Waals surface area (Å²) in [5.41, 5.74) is 2.32. The van der Waals surface area contributed by atoms with Gasteiger partial charge in [-0.3, -0.25) is 19.3 Å². The van der Waals surface area contributed by atoms with Crippen molar-refractivity contribution in [1.82, 2.24) is 4.90 Å². The Morgan fingerprint density at radius 1 is 1.08 bits per heavy atom. The van der Waals surface area contributed by atoms with Crippen LogP contribution in [0.3, 0.4) is 0 Å². The van der Waals surface area contributed by atoms with Crippen LogP contribution in [-0.2, 0) is 27.4 Å². The molecule has 0 bridgehead atoms. The summed E-state index contributed by atoms with van der Waals surface area (Å²) in [7, 11) is 0. The van der Waals surface area contributed by atoms with Crippen LogP contribution in [0.4, 0.5) is 4.79 Å². The molecule has 0 aliphatic carbocycles. The summed E-state index contributed by atoms with van der Waals surface area (Å²) in [6.07, 6.45) is 3.72. The largest absolute Gasteiger partial charge is 0.490 e. The Balaban J connectivity index is 1.88. The van der Waals surface area contributed by atoms with Gasteiger partial charge < -0.3 is 19.3 Å². The van der Waals surface area contributed by atoms with Gasteiger partial charge in [-0.15, -0.1) is 6.58 Å². The number of amides is 2. The topological polar surface area (TPSA) is 119 Å². The fourth-order valence-corrected chi connectivity index (χ4v) is 4.36. The predicted octanol–water partition coefficient (Wildman–Crippen LogP) is 4.69. The van der Waals surface area contributed by atoms with Gasteiger partial charge in [0.05, 0.1) is 23.7 Å². The Labute approximate surface area is 218 Å². The molecular weight excluding hydrogens is 498 g/mol. The average molecular weight is 526 g/mol. The minimum absolute atomic E-state index is 0.152. The molecule has 0 aromatic heterocycles. The first-order chi connectivity index (χ1) is 17.8. The van der Waals surface area contributed by atoms with Crippen molar-refractivity contribution >= 4 is 40.9 Å². The van der Waals surface area contributed by atoms with E-state index in [-0.39, 0.29) is 23.7 Å². The zero-order valence-electron chi connectivity index (χ0n) is 20.5. The molecule has 1 heterocycles. The number of hydrogen-bond acceptors (Lipinski definition) is 8. The van der Waals surface area contributed by atoms with Gasteiger partial charge in [-0.25, -0.2) is 4.79 Å². The van der Waals surface area contributed by atoms with Gasteiger partial charge in [0.25, 0.3) is 11.1 Å². The van der Waals surface area contributed by atoms with Crippen molar-refractivity contribution in [2.45, 2.75) is 26.9 Å². The molecular formula is C27H27NO8S. The molecule has 0 atom stereocenters. The molecule has 2 aromatic rings. The van der Waals surface area contributed by atoms with Crippen LogP contribution in [0, 0.1) is 0 Å². The van der Waals surface area contributed by atoms with Crippen molar-refractivity contribution in [3.05, 3.63) is 76.2 Å². The van der Waals surface area contributed by atoms with Crippen LogP contribution in [0.1, 0.15) is 40.9 Å². The first kappa shape index (κ1) is 27.5. The number of esters is 1. The molecule has 3 rings (SSSR count). The zero-order chi connectivity index (χ0) is 26.9. The zero-order valence-corrected chi connectivity index (χ0v) is 21.3. The van der Waals surface area contributed by atoms with E-state index in [4.69, 9.17) is 19.3 Å². The normalized spacial score (nSPS) is 14.1. The molecule has 0 radical (unpaired) electrons. The van der Waals surface area contributed by atoms with Crippen LogP contribution in [0.2, 0.25) is 0 Å². The van der Waals surface area contributed by atoms with Crippen LogP contribution in [-0.4, -0.2) is 52.8 Å². The maximum absolute atomic E-state index is 12.8. The molecule has 0 saturated carbocycles. The number of hydrogen-bond donors (Lipinski definition) is 1. The highest BCUT2D eigenvalue weighted by molar-refractivity contribution is 8.18. The van der Waals surface area contributed by atoms with E-state index in [0.29, 0.717) is 30.1 Å². The maximum Gasteiger partial charge on any atom is 0.335 e. The lowest BCUT2D eigenvalue weighted by atomic mass is 10.0. The number of carbonyl (C=O) groups excluding carboxylic acids is 3. The van der Waals surface area contributed by atoms with Crippen molar-refractivity contribution in [2.24, 2.45) is 0 Å². The van der Waals surface area contributed by atoms with E-state index in [2.05, 4.69) is 6.58 Å². The molecule has 0 unspecified atom stereocenters. The number of aromatic carboxylic acids is 1. The van der Waals surface area contributed by atoms with Gasteiger partial charge in [0, 0.05) is 5.56 Å². The summed E-state index contributed by atoms with van der Waals surface area (Å²) >= 11 is 0.747. The van der Waals surface area contributed by atoms with Crippen LogP contribution in [0.15, 0.2) is 54.0 Å². The minimum atomic E-state index is -1.01. The molecule has 1 fully saturated rings. The van der Waals surface area contributed by atoms with E-state index in [1.165, 1.54) is 12.1 Å². The van der Waals surface area contributed by atoms with Gasteiger partial charge in [0.2, 0.25) is 0 Å². The van der Waals surface area contributed by atoms with Gasteiger partial charge in [0.1, 0.15) is 13.2 Å². The van der Waals surface area contributed by atoms with Crippen molar-refractivity contribution in [1.29, 1.82) is 0 Å². The molecule has 10 heteroatoms. The number of carboxylic acids is 1. The molecule has 9 nitrogen and oxygen atoms in total. The molecule has 2 aromatic carbocycles. The highest BCUT2D eigenvalue weighted by atomic mass is 32.2. The van der Waals surface area contributed by atoms with E-state index in [1.54, 1.807) is 37.3 Å². The molecule has 1 N–H and O–H groups in total. The molecule has 1 saturated heterocycles. The van der Waals surface area contributed by atoms with Gasteiger partial charge in [0.15, 0.2) is 11.5 Å². The molecule has 2 amide bonds. The van der Waals surface area contributed by atoms with Crippen molar-refractivity contribution < 1.29 is 38.5 Å². The number of carboxylic acid groups (broad SMARTS) is 1. The van der Waals surface area contributed by atoms with Gasteiger partial charge >= 0.3 is 11.9 Å². The summed E-state index contributed by atoms with van der Waals surface area (Å²) in [6, 6.07) is 9.89. The highest BCUT2D eigenvalue weighted by Crippen LogP contribution is 2.37. The van der Waals surface area contributed by atoms with E-state index in [0.717, 1.165) is 27.8 Å². The fourth-order valence-electron chi connectivity index (χ4n) is 3.52. The van der Waals surface area contributed by atoms with Crippen LogP contribution in [0.25, 0.3) is 6.08 Å². The van der Waals surface area contributed by atoms with Crippen LogP contribution >= 0.6 is 11.8 Å². The first-order valence-electron chi connectivity index (χ1n) is 11.5. The second-order valence-corrected chi connectivity index (χ2v) is 8.79. The molecule has 1 aliphatic rings. The summed E-state index contributed by atoms with van der Waals surface area (Å²) in [5, 5.41) is 8.54. The quantitative estimate of drug-likeness (QED) is 0.239. The Morgan fingerprint density at radius 2 is 1.81 bits per heavy atom. The number of imide groups is 1. The number of benzene rings is 2. The van der Waals surface area contributed by atoms with Gasteiger partial charge in [-0.2, -0.15) is 0 Å². The number of allylic oxidation sites excluding steroid dienone is 1. The Bertz CT molecular complexity index is 1240. The second-order valence-electron chi connectivity index (χ2n) is 7.80. The Hall–Kier alpha value is -4.05. The van der Waals surface area contributed by atoms with E-state index in [9.17, 15) is 19.2 Å². The predicted molar refractivity (Wildman–Crippen MR) is 139 cm³/mol. The van der Waals surface area contributed by atoms with Crippen LogP contribution in [0.5, 0.6) is 11.5 Å². The summed E-state index contributed by atoms with van der Waals surface area (Å²) in [6.45, 7) is 7.52. The Morgan fingerprint density at radius 3 is 2.43 bits per heavy atom. The number of nitrogens with zero attached hydrogens (tertiary/aromatic N) is 1. The fraction of sp³-hybridized carbons (Fsp3) is 0.259. The van der Waals surface area contributed by atoms with E-state index >= 15 is 0 Å².